The van der Waals surface area contributed by atoms with Gasteiger partial charge in [-0.3, -0.25) is 37.3 Å². The van der Waals surface area contributed by atoms with E-state index in [0.29, 0.717) is 25.7 Å². The van der Waals surface area contributed by atoms with Gasteiger partial charge in [-0.2, -0.15) is 0 Å². The van der Waals surface area contributed by atoms with Crippen LogP contribution in [0.5, 0.6) is 0 Å². The molecular formula is C57H110O17P2. The van der Waals surface area contributed by atoms with Gasteiger partial charge < -0.3 is 33.8 Å². The Morgan fingerprint density at radius 3 is 0.934 bits per heavy atom. The molecule has 0 radical (unpaired) electrons. The molecule has 3 N–H and O–H groups in total. The van der Waals surface area contributed by atoms with Gasteiger partial charge in [-0.25, -0.2) is 9.13 Å². The summed E-state index contributed by atoms with van der Waals surface area (Å²) in [6.07, 6.45) is 32.8. The quantitative estimate of drug-likeness (QED) is 0.0222. The molecule has 6 atom stereocenters. The summed E-state index contributed by atoms with van der Waals surface area (Å²) in [5, 5.41) is 10.4. The third-order valence-corrected chi connectivity index (χ3v) is 15.3. The normalized spacial score (nSPS) is 14.8. The lowest BCUT2D eigenvalue weighted by Crippen LogP contribution is -2.30. The number of carbonyl (C=O) groups is 4. The summed E-state index contributed by atoms with van der Waals surface area (Å²) >= 11 is 0. The predicted octanol–water partition coefficient (Wildman–Crippen LogP) is 15.1. The van der Waals surface area contributed by atoms with Crippen molar-refractivity contribution in [2.45, 2.75) is 297 Å². The number of esters is 4. The van der Waals surface area contributed by atoms with Crippen molar-refractivity contribution < 1.29 is 80.2 Å². The Morgan fingerprint density at radius 2 is 0.632 bits per heavy atom. The molecule has 76 heavy (non-hydrogen) atoms. The van der Waals surface area contributed by atoms with Crippen molar-refractivity contribution in [1.82, 2.24) is 0 Å². The molecule has 0 saturated carbocycles. The molecule has 0 bridgehead atoms. The van der Waals surface area contributed by atoms with Gasteiger partial charge in [-0.05, 0) is 31.6 Å². The van der Waals surface area contributed by atoms with E-state index in [1.165, 1.54) is 96.3 Å². The molecule has 0 spiro atoms. The average molecular weight is 1130 g/mol. The highest BCUT2D eigenvalue weighted by atomic mass is 31.2. The van der Waals surface area contributed by atoms with Crippen molar-refractivity contribution in [3.8, 4) is 0 Å². The molecule has 0 aliphatic rings. The zero-order valence-corrected chi connectivity index (χ0v) is 50.2. The fraction of sp³-hybridized carbons (Fsp3) is 0.930. The SMILES string of the molecule is CCCCCCCCCCCCCCCCC(=O)O[C@H](COC(=O)CCCCCCCCCCC(C)CC)COP(=O)(O)OC[C@@H](O)COP(=O)(O)OC[C@@H](COC(=O)CCCCCCC)OC(=O)CCCCCCC. The maximum Gasteiger partial charge on any atom is 0.472 e. The molecular weight excluding hydrogens is 1020 g/mol. The highest BCUT2D eigenvalue weighted by Crippen LogP contribution is 2.45. The Morgan fingerprint density at radius 1 is 0.368 bits per heavy atom. The van der Waals surface area contributed by atoms with E-state index in [2.05, 4.69) is 34.6 Å². The monoisotopic (exact) mass is 1130 g/mol. The summed E-state index contributed by atoms with van der Waals surface area (Å²) in [5.41, 5.74) is 0. The molecule has 0 rings (SSSR count). The lowest BCUT2D eigenvalue weighted by Gasteiger charge is -2.21. The van der Waals surface area contributed by atoms with E-state index in [0.717, 1.165) is 102 Å². The van der Waals surface area contributed by atoms with Crippen LogP contribution in [0.1, 0.15) is 279 Å². The van der Waals surface area contributed by atoms with Crippen LogP contribution >= 0.6 is 15.6 Å². The van der Waals surface area contributed by atoms with Crippen LogP contribution in [0, 0.1) is 5.92 Å². The van der Waals surface area contributed by atoms with Crippen molar-refractivity contribution in [3.63, 3.8) is 0 Å². The minimum absolute atomic E-state index is 0.0987. The molecule has 0 heterocycles. The maximum atomic E-state index is 12.9. The first-order valence-corrected chi connectivity index (χ1v) is 33.2. The van der Waals surface area contributed by atoms with Gasteiger partial charge in [-0.1, -0.05) is 227 Å². The third kappa shape index (κ3) is 50.3. The number of unbranched alkanes of at least 4 members (excludes halogenated alkanes) is 28. The molecule has 0 fully saturated rings. The Hall–Kier alpha value is -1.94. The first-order valence-electron chi connectivity index (χ1n) is 30.2. The van der Waals surface area contributed by atoms with Crippen LogP contribution in [0.3, 0.4) is 0 Å². The van der Waals surface area contributed by atoms with Gasteiger partial charge in [0.15, 0.2) is 12.2 Å². The fourth-order valence-electron chi connectivity index (χ4n) is 8.31. The summed E-state index contributed by atoms with van der Waals surface area (Å²) in [5.74, 6) is -1.39. The van der Waals surface area contributed by atoms with Crippen LogP contribution in [0.4, 0.5) is 0 Å². The van der Waals surface area contributed by atoms with Crippen molar-refractivity contribution >= 4 is 39.5 Å². The number of phosphoric ester groups is 2. The second kappa shape index (κ2) is 51.2. The van der Waals surface area contributed by atoms with Crippen LogP contribution in [0.25, 0.3) is 0 Å². The molecule has 0 aromatic carbocycles. The van der Waals surface area contributed by atoms with Crippen molar-refractivity contribution in [2.75, 3.05) is 39.6 Å². The van der Waals surface area contributed by atoms with Crippen molar-refractivity contribution in [1.29, 1.82) is 0 Å². The van der Waals surface area contributed by atoms with E-state index in [1.54, 1.807) is 0 Å². The molecule has 3 unspecified atom stereocenters. The molecule has 0 amide bonds. The zero-order chi connectivity index (χ0) is 56.4. The molecule has 17 nitrogen and oxygen atoms in total. The number of hydrogen-bond donors (Lipinski definition) is 3. The molecule has 0 aromatic rings. The number of aliphatic hydroxyl groups is 1. The number of aliphatic hydroxyl groups excluding tert-OH is 1. The number of ether oxygens (including phenoxy) is 4. The van der Waals surface area contributed by atoms with Crippen LogP contribution in [0.2, 0.25) is 0 Å². The molecule has 0 saturated heterocycles. The summed E-state index contributed by atoms with van der Waals surface area (Å²) < 4.78 is 67.3. The number of rotatable bonds is 57. The smallest absolute Gasteiger partial charge is 0.462 e. The minimum atomic E-state index is -4.93. The third-order valence-electron chi connectivity index (χ3n) is 13.4. The van der Waals surface area contributed by atoms with Gasteiger partial charge in [0.1, 0.15) is 19.3 Å². The standard InChI is InChI=1S/C57H110O17P2/c1-6-10-13-16-17-18-19-20-21-22-23-28-33-38-43-57(62)74-53(47-68-55(60)41-36-32-27-25-24-26-31-34-39-50(5)9-4)49-72-76(65,66)70-45-51(58)44-69-75(63,64)71-48-52(73-56(61)42-37-30-15-12-8-3)46-67-54(59)40-35-29-14-11-7-2/h50-53,58H,6-49H2,1-5H3,(H,63,64)(H,65,66)/t50?,51-,52+,53+/m0/s1. The summed E-state index contributed by atoms with van der Waals surface area (Å²) in [7, 11) is -9.85. The van der Waals surface area contributed by atoms with Crippen LogP contribution in [0.15, 0.2) is 0 Å². The number of carbonyl (C=O) groups excluding carboxylic acids is 4. The Kier molecular flexibility index (Phi) is 49.9. The first-order chi connectivity index (χ1) is 36.6. The molecule has 19 heteroatoms. The molecule has 0 aliphatic heterocycles. The van der Waals surface area contributed by atoms with Gasteiger partial charge in [-0.15, -0.1) is 0 Å². The number of hydrogen-bond acceptors (Lipinski definition) is 15. The van der Waals surface area contributed by atoms with E-state index in [4.69, 9.17) is 37.0 Å². The summed E-state index contributed by atoms with van der Waals surface area (Å²) in [4.78, 5) is 71.4. The van der Waals surface area contributed by atoms with Crippen molar-refractivity contribution in [3.05, 3.63) is 0 Å². The van der Waals surface area contributed by atoms with Gasteiger partial charge in [0, 0.05) is 25.7 Å². The molecule has 450 valence electrons. The van der Waals surface area contributed by atoms with Crippen molar-refractivity contribution in [2.24, 2.45) is 5.92 Å². The number of phosphoric acid groups is 2. The van der Waals surface area contributed by atoms with E-state index in [-0.39, 0.29) is 25.7 Å². The van der Waals surface area contributed by atoms with E-state index in [1.807, 2.05) is 0 Å². The summed E-state index contributed by atoms with van der Waals surface area (Å²) in [6.45, 7) is 6.96. The lowest BCUT2D eigenvalue weighted by atomic mass is 9.99. The Bertz CT molecular complexity index is 1500. The van der Waals surface area contributed by atoms with E-state index >= 15 is 0 Å². The minimum Gasteiger partial charge on any atom is -0.462 e. The highest BCUT2D eigenvalue weighted by molar-refractivity contribution is 7.47. The van der Waals surface area contributed by atoms with E-state index in [9.17, 15) is 43.2 Å². The largest absolute Gasteiger partial charge is 0.472 e. The molecule has 0 aliphatic carbocycles. The van der Waals surface area contributed by atoms with Crippen LogP contribution in [-0.4, -0.2) is 96.7 Å². The van der Waals surface area contributed by atoms with Crippen LogP contribution < -0.4 is 0 Å². The lowest BCUT2D eigenvalue weighted by molar-refractivity contribution is -0.161. The van der Waals surface area contributed by atoms with Gasteiger partial charge >= 0.3 is 39.5 Å². The van der Waals surface area contributed by atoms with E-state index < -0.39 is 97.5 Å². The second-order valence-electron chi connectivity index (χ2n) is 20.9. The Labute approximate surface area is 460 Å². The average Bonchev–Trinajstić information content (AvgIpc) is 3.39. The first kappa shape index (κ1) is 74.1. The fourth-order valence-corrected chi connectivity index (χ4v) is 9.89. The molecule has 0 aromatic heterocycles. The van der Waals surface area contributed by atoms with Crippen LogP contribution in [-0.2, 0) is 65.4 Å². The maximum absolute atomic E-state index is 12.9. The Balaban J connectivity index is 5.14. The highest BCUT2D eigenvalue weighted by Gasteiger charge is 2.30. The second-order valence-corrected chi connectivity index (χ2v) is 23.8. The topological polar surface area (TPSA) is 237 Å². The predicted molar refractivity (Wildman–Crippen MR) is 298 cm³/mol. The van der Waals surface area contributed by atoms with Gasteiger partial charge in [0.25, 0.3) is 0 Å². The van der Waals surface area contributed by atoms with Gasteiger partial charge in [0.2, 0.25) is 0 Å². The van der Waals surface area contributed by atoms with Gasteiger partial charge in [0.05, 0.1) is 26.4 Å². The summed E-state index contributed by atoms with van der Waals surface area (Å²) in [6, 6.07) is 0. The zero-order valence-electron chi connectivity index (χ0n) is 48.4.